The van der Waals surface area contributed by atoms with Crippen LogP contribution in [0, 0.1) is 0 Å². The van der Waals surface area contributed by atoms with E-state index in [0.717, 1.165) is 13.0 Å². The Hall–Kier alpha value is -2.04. The molecule has 0 radical (unpaired) electrons. The summed E-state index contributed by atoms with van der Waals surface area (Å²) in [6.07, 6.45) is 0.775. The molecule has 1 heterocycles. The topological polar surface area (TPSA) is 47.6 Å². The molecule has 1 N–H and O–H groups in total. The van der Waals surface area contributed by atoms with E-state index >= 15 is 0 Å². The highest BCUT2D eigenvalue weighted by Gasteiger charge is 2.30. The van der Waals surface area contributed by atoms with Gasteiger partial charge in [-0.05, 0) is 30.7 Å². The van der Waals surface area contributed by atoms with Crippen LogP contribution < -0.4 is 10.1 Å². The van der Waals surface area contributed by atoms with Crippen LogP contribution in [0.5, 0.6) is 5.75 Å². The molecule has 5 heteroatoms. The van der Waals surface area contributed by atoms with E-state index in [1.165, 1.54) is 5.56 Å². The minimum atomic E-state index is -0.336. The summed E-state index contributed by atoms with van der Waals surface area (Å²) in [5.74, 6) is 0.422. The first-order valence-electron chi connectivity index (χ1n) is 7.89. The third kappa shape index (κ3) is 4.08. The van der Waals surface area contributed by atoms with E-state index in [-0.39, 0.29) is 30.4 Å². The standard InChI is InChI=1S/C19H21NO3.ClH/c1-22-17-10-6-5-9-16(17)19(21)23-18-13-20-12-11-15(18)14-7-3-2-4-8-14;/h2-10,15,18,20H,11-13H2,1H3;1H/t15-,18+;/m1./s1. The fraction of sp³-hybridized carbons (Fsp3) is 0.316. The number of nitrogens with one attached hydrogen (secondary N) is 1. The van der Waals surface area contributed by atoms with Gasteiger partial charge in [0.15, 0.2) is 0 Å². The lowest BCUT2D eigenvalue weighted by Gasteiger charge is -2.32. The normalized spacial score (nSPS) is 19.9. The SMILES string of the molecule is COc1ccccc1C(=O)O[C@H]1CNCC[C@@H]1c1ccccc1.Cl. The average molecular weight is 348 g/mol. The molecule has 1 aliphatic rings. The van der Waals surface area contributed by atoms with E-state index < -0.39 is 0 Å². The first-order chi connectivity index (χ1) is 11.3. The summed E-state index contributed by atoms with van der Waals surface area (Å²) in [5.41, 5.74) is 1.68. The second kappa shape index (κ2) is 8.71. The minimum Gasteiger partial charge on any atom is -0.496 e. The highest BCUT2D eigenvalue weighted by Crippen LogP contribution is 2.29. The number of rotatable bonds is 4. The molecular weight excluding hydrogens is 326 g/mol. The number of halogens is 1. The fourth-order valence-electron chi connectivity index (χ4n) is 3.05. The number of para-hydroxylation sites is 1. The molecular formula is C19H22ClNO3. The Bertz CT molecular complexity index is 663. The Balaban J connectivity index is 0.00000208. The molecule has 0 amide bonds. The van der Waals surface area contributed by atoms with Crippen molar-refractivity contribution in [2.75, 3.05) is 20.2 Å². The van der Waals surface area contributed by atoms with Crippen LogP contribution in [0.1, 0.15) is 28.3 Å². The van der Waals surface area contributed by atoms with Crippen LogP contribution in [0.3, 0.4) is 0 Å². The average Bonchev–Trinajstić information content (AvgIpc) is 2.63. The molecule has 1 aliphatic heterocycles. The minimum absolute atomic E-state index is 0. The Morgan fingerprint density at radius 2 is 1.79 bits per heavy atom. The van der Waals surface area contributed by atoms with Gasteiger partial charge in [0.05, 0.1) is 7.11 Å². The maximum Gasteiger partial charge on any atom is 0.342 e. The molecule has 128 valence electrons. The van der Waals surface area contributed by atoms with Crippen molar-refractivity contribution in [1.82, 2.24) is 5.32 Å². The largest absolute Gasteiger partial charge is 0.496 e. The van der Waals surface area contributed by atoms with Gasteiger partial charge in [0.25, 0.3) is 0 Å². The molecule has 0 aromatic heterocycles. The summed E-state index contributed by atoms with van der Waals surface area (Å²) >= 11 is 0. The van der Waals surface area contributed by atoms with Crippen molar-refractivity contribution in [2.24, 2.45) is 0 Å². The lowest BCUT2D eigenvalue weighted by Crippen LogP contribution is -2.42. The monoisotopic (exact) mass is 347 g/mol. The molecule has 3 rings (SSSR count). The van der Waals surface area contributed by atoms with E-state index in [9.17, 15) is 4.79 Å². The zero-order valence-corrected chi connectivity index (χ0v) is 14.4. The van der Waals surface area contributed by atoms with Gasteiger partial charge in [-0.1, -0.05) is 42.5 Å². The number of esters is 1. The molecule has 0 bridgehead atoms. The van der Waals surface area contributed by atoms with E-state index in [2.05, 4.69) is 17.4 Å². The van der Waals surface area contributed by atoms with Crippen molar-refractivity contribution in [3.05, 3.63) is 65.7 Å². The molecule has 0 unspecified atom stereocenters. The zero-order valence-electron chi connectivity index (χ0n) is 13.6. The quantitative estimate of drug-likeness (QED) is 0.861. The number of methoxy groups -OCH3 is 1. The molecule has 0 spiro atoms. The molecule has 1 fully saturated rings. The molecule has 0 saturated carbocycles. The van der Waals surface area contributed by atoms with E-state index in [4.69, 9.17) is 9.47 Å². The van der Waals surface area contributed by atoms with Crippen LogP contribution in [-0.4, -0.2) is 32.3 Å². The number of carbonyl (C=O) groups is 1. The van der Waals surface area contributed by atoms with Crippen molar-refractivity contribution in [3.8, 4) is 5.75 Å². The second-order valence-corrected chi connectivity index (χ2v) is 5.65. The number of carbonyl (C=O) groups excluding carboxylic acids is 1. The van der Waals surface area contributed by atoms with Gasteiger partial charge < -0.3 is 14.8 Å². The summed E-state index contributed by atoms with van der Waals surface area (Å²) < 4.78 is 11.1. The molecule has 0 aliphatic carbocycles. The molecule has 2 atom stereocenters. The highest BCUT2D eigenvalue weighted by atomic mass is 35.5. The Kier molecular flexibility index (Phi) is 6.64. The van der Waals surface area contributed by atoms with Crippen molar-refractivity contribution in [3.63, 3.8) is 0 Å². The number of benzene rings is 2. The number of hydrogen-bond donors (Lipinski definition) is 1. The van der Waals surface area contributed by atoms with Gasteiger partial charge >= 0.3 is 5.97 Å². The van der Waals surface area contributed by atoms with E-state index in [0.29, 0.717) is 17.9 Å². The summed E-state index contributed by atoms with van der Waals surface area (Å²) in [6.45, 7) is 1.60. The lowest BCUT2D eigenvalue weighted by molar-refractivity contribution is 0.0179. The number of hydrogen-bond acceptors (Lipinski definition) is 4. The molecule has 2 aromatic carbocycles. The zero-order chi connectivity index (χ0) is 16.1. The molecule has 1 saturated heterocycles. The predicted octanol–water partition coefficient (Wildman–Crippen LogP) is 3.42. The van der Waals surface area contributed by atoms with Crippen LogP contribution in [0.4, 0.5) is 0 Å². The van der Waals surface area contributed by atoms with Crippen LogP contribution in [0.2, 0.25) is 0 Å². The number of piperidine rings is 1. The van der Waals surface area contributed by atoms with E-state index in [1.807, 2.05) is 30.3 Å². The Morgan fingerprint density at radius 3 is 2.54 bits per heavy atom. The molecule has 2 aromatic rings. The molecule has 24 heavy (non-hydrogen) atoms. The number of ether oxygens (including phenoxy) is 2. The van der Waals surface area contributed by atoms with E-state index in [1.54, 1.807) is 19.2 Å². The van der Waals surface area contributed by atoms with Crippen molar-refractivity contribution in [2.45, 2.75) is 18.4 Å². The van der Waals surface area contributed by atoms with Gasteiger partial charge in [0.2, 0.25) is 0 Å². The maximum atomic E-state index is 12.5. The summed E-state index contributed by atoms with van der Waals surface area (Å²) in [7, 11) is 1.56. The highest BCUT2D eigenvalue weighted by molar-refractivity contribution is 5.92. The Morgan fingerprint density at radius 1 is 1.08 bits per heavy atom. The third-order valence-corrected chi connectivity index (χ3v) is 4.24. The van der Waals surface area contributed by atoms with Gasteiger partial charge in [-0.3, -0.25) is 0 Å². The summed E-state index contributed by atoms with van der Waals surface area (Å²) in [6, 6.07) is 17.4. The Labute approximate surface area is 148 Å². The first-order valence-corrected chi connectivity index (χ1v) is 7.89. The van der Waals surface area contributed by atoms with Gasteiger partial charge in [-0.2, -0.15) is 0 Å². The maximum absolute atomic E-state index is 12.5. The van der Waals surface area contributed by atoms with Crippen LogP contribution in [-0.2, 0) is 4.74 Å². The fourth-order valence-corrected chi connectivity index (χ4v) is 3.05. The molecule has 4 nitrogen and oxygen atoms in total. The lowest BCUT2D eigenvalue weighted by atomic mass is 9.88. The third-order valence-electron chi connectivity index (χ3n) is 4.24. The van der Waals surface area contributed by atoms with Crippen LogP contribution in [0.15, 0.2) is 54.6 Å². The van der Waals surface area contributed by atoms with Gasteiger partial charge in [-0.15, -0.1) is 12.4 Å². The smallest absolute Gasteiger partial charge is 0.342 e. The van der Waals surface area contributed by atoms with Crippen molar-refractivity contribution in [1.29, 1.82) is 0 Å². The second-order valence-electron chi connectivity index (χ2n) is 5.65. The van der Waals surface area contributed by atoms with Gasteiger partial charge in [-0.25, -0.2) is 4.79 Å². The first kappa shape index (κ1) is 18.3. The van der Waals surface area contributed by atoms with Crippen molar-refractivity contribution >= 4 is 18.4 Å². The van der Waals surface area contributed by atoms with Gasteiger partial charge in [0, 0.05) is 12.5 Å². The predicted molar refractivity (Wildman–Crippen MR) is 96.1 cm³/mol. The van der Waals surface area contributed by atoms with Crippen LogP contribution in [0.25, 0.3) is 0 Å². The summed E-state index contributed by atoms with van der Waals surface area (Å²) in [5, 5.41) is 3.31. The van der Waals surface area contributed by atoms with Crippen molar-refractivity contribution < 1.29 is 14.3 Å². The summed E-state index contributed by atoms with van der Waals surface area (Å²) in [4.78, 5) is 12.5. The van der Waals surface area contributed by atoms with Crippen LogP contribution >= 0.6 is 12.4 Å². The van der Waals surface area contributed by atoms with Gasteiger partial charge in [0.1, 0.15) is 17.4 Å².